The van der Waals surface area contributed by atoms with Gasteiger partial charge in [0.25, 0.3) is 0 Å². The van der Waals surface area contributed by atoms with Crippen molar-refractivity contribution in [3.8, 4) is 0 Å². The first kappa shape index (κ1) is 4.12. The Labute approximate surface area is 75.4 Å². The third-order valence-corrected chi connectivity index (χ3v) is 1.31. The number of halogens is 1. The zero-order valence-corrected chi connectivity index (χ0v) is 6.45. The van der Waals surface area contributed by atoms with Crippen LogP contribution in [0.25, 0.3) is 0 Å². The van der Waals surface area contributed by atoms with E-state index < -0.39 is 30.1 Å². The standard InChI is InChI=1S/C8H7ClO2/c1-11-8(10)6-4-2-3-5-7(6)9/h2-5H,1H3/i2D,3D,4D,5D. The lowest BCUT2D eigenvalue weighted by Crippen LogP contribution is -2.01. The number of benzene rings is 1. The van der Waals surface area contributed by atoms with E-state index in [1.54, 1.807) is 0 Å². The van der Waals surface area contributed by atoms with E-state index in [1.807, 2.05) is 0 Å². The topological polar surface area (TPSA) is 26.3 Å². The number of rotatable bonds is 1. The maximum Gasteiger partial charge on any atom is 0.339 e. The largest absolute Gasteiger partial charge is 0.465 e. The zero-order valence-electron chi connectivity index (χ0n) is 9.69. The quantitative estimate of drug-likeness (QED) is 0.610. The summed E-state index contributed by atoms with van der Waals surface area (Å²) in [4.78, 5) is 11.2. The molecule has 1 rings (SSSR count). The van der Waals surface area contributed by atoms with Crippen molar-refractivity contribution in [2.24, 2.45) is 0 Å². The normalized spacial score (nSPS) is 14.4. The maximum atomic E-state index is 11.2. The highest BCUT2D eigenvalue weighted by Gasteiger charge is 2.07. The van der Waals surface area contributed by atoms with E-state index in [1.165, 1.54) is 0 Å². The molecule has 2 nitrogen and oxygen atoms in total. The molecule has 0 saturated heterocycles. The molecule has 0 radical (unpaired) electrons. The smallest absolute Gasteiger partial charge is 0.339 e. The molecule has 0 amide bonds. The van der Waals surface area contributed by atoms with Crippen LogP contribution in [-0.2, 0) is 4.74 Å². The van der Waals surface area contributed by atoms with Crippen LogP contribution in [-0.4, -0.2) is 13.1 Å². The zero-order chi connectivity index (χ0) is 11.7. The average molecular weight is 175 g/mol. The minimum absolute atomic E-state index is 0.326. The molecule has 0 bridgehead atoms. The van der Waals surface area contributed by atoms with Crippen molar-refractivity contribution in [2.75, 3.05) is 7.11 Å². The molecule has 1 aromatic rings. The fraction of sp³-hybridized carbons (Fsp3) is 0.125. The van der Waals surface area contributed by atoms with Crippen LogP contribution in [0.15, 0.2) is 24.2 Å². The van der Waals surface area contributed by atoms with E-state index in [0.717, 1.165) is 7.11 Å². The first-order chi connectivity index (χ1) is 6.91. The minimum atomic E-state index is -0.882. The second-order valence-electron chi connectivity index (χ2n) is 1.68. The molecule has 0 aliphatic carbocycles. The van der Waals surface area contributed by atoms with E-state index in [4.69, 9.17) is 17.1 Å². The molecule has 0 aliphatic heterocycles. The van der Waals surface area contributed by atoms with E-state index in [2.05, 4.69) is 4.74 Å². The van der Waals surface area contributed by atoms with Gasteiger partial charge in [0.2, 0.25) is 0 Å². The van der Waals surface area contributed by atoms with Crippen LogP contribution in [0.4, 0.5) is 0 Å². The van der Waals surface area contributed by atoms with Gasteiger partial charge in [0, 0.05) is 0 Å². The van der Waals surface area contributed by atoms with Crippen LogP contribution in [0, 0.1) is 0 Å². The number of hydrogen-bond acceptors (Lipinski definition) is 2. The van der Waals surface area contributed by atoms with Crippen LogP contribution >= 0.6 is 11.6 Å². The first-order valence-electron chi connectivity index (χ1n) is 4.76. The molecule has 0 aliphatic rings. The Morgan fingerprint density at radius 2 is 2.27 bits per heavy atom. The van der Waals surface area contributed by atoms with Gasteiger partial charge in [-0.1, -0.05) is 23.7 Å². The van der Waals surface area contributed by atoms with Crippen LogP contribution < -0.4 is 0 Å². The SMILES string of the molecule is [2H]c1c([2H])c([2H])c(C(=O)OC)c(Cl)c1[2H]. The van der Waals surface area contributed by atoms with Crippen molar-refractivity contribution in [1.82, 2.24) is 0 Å². The highest BCUT2D eigenvalue weighted by Crippen LogP contribution is 2.15. The third-order valence-electron chi connectivity index (χ3n) is 1.03. The lowest BCUT2D eigenvalue weighted by atomic mass is 10.2. The molecule has 1 aromatic carbocycles. The van der Waals surface area contributed by atoms with Gasteiger partial charge in [0.15, 0.2) is 0 Å². The van der Waals surface area contributed by atoms with Gasteiger partial charge in [-0.25, -0.2) is 4.79 Å². The van der Waals surface area contributed by atoms with Gasteiger partial charge >= 0.3 is 5.97 Å². The monoisotopic (exact) mass is 174 g/mol. The van der Waals surface area contributed by atoms with Crippen molar-refractivity contribution in [2.45, 2.75) is 0 Å². The Kier molecular flexibility index (Phi) is 1.27. The number of hydrogen-bond donors (Lipinski definition) is 0. The summed E-state index contributed by atoms with van der Waals surface area (Å²) >= 11 is 5.64. The number of carbonyl (C=O) groups excluding carboxylic acids is 1. The van der Waals surface area contributed by atoms with Crippen LogP contribution in [0.1, 0.15) is 15.8 Å². The summed E-state index contributed by atoms with van der Waals surface area (Å²) in [7, 11) is 1.11. The second kappa shape index (κ2) is 3.39. The maximum absolute atomic E-state index is 11.2. The Morgan fingerprint density at radius 1 is 1.64 bits per heavy atom. The molecular formula is C8H7ClO2. The van der Waals surface area contributed by atoms with Gasteiger partial charge in [0.05, 0.1) is 23.2 Å². The molecule has 0 atom stereocenters. The second-order valence-corrected chi connectivity index (χ2v) is 2.06. The summed E-state index contributed by atoms with van der Waals surface area (Å²) in [5.74, 6) is -0.882. The fourth-order valence-corrected chi connectivity index (χ4v) is 0.712. The third kappa shape index (κ3) is 1.71. The first-order valence-corrected chi connectivity index (χ1v) is 3.13. The molecule has 3 heteroatoms. The van der Waals surface area contributed by atoms with Crippen molar-refractivity contribution < 1.29 is 15.0 Å². The Balaban J connectivity index is 3.60. The van der Waals surface area contributed by atoms with Gasteiger partial charge in [-0.3, -0.25) is 0 Å². The minimum Gasteiger partial charge on any atom is -0.465 e. The Morgan fingerprint density at radius 3 is 2.91 bits per heavy atom. The van der Waals surface area contributed by atoms with E-state index in [-0.39, 0.29) is 10.6 Å². The molecule has 0 N–H and O–H groups in total. The molecule has 0 spiro atoms. The predicted octanol–water partition coefficient (Wildman–Crippen LogP) is 2.13. The van der Waals surface area contributed by atoms with E-state index in [9.17, 15) is 4.79 Å². The van der Waals surface area contributed by atoms with Gasteiger partial charge < -0.3 is 4.74 Å². The van der Waals surface area contributed by atoms with Gasteiger partial charge in [-0.15, -0.1) is 0 Å². The molecule has 0 saturated carbocycles. The Hall–Kier alpha value is -1.02. The van der Waals surface area contributed by atoms with E-state index >= 15 is 0 Å². The molecule has 0 heterocycles. The number of ether oxygens (including phenoxy) is 1. The lowest BCUT2D eigenvalue weighted by Gasteiger charge is -1.99. The van der Waals surface area contributed by atoms with Gasteiger partial charge in [-0.2, -0.15) is 0 Å². The highest BCUT2D eigenvalue weighted by atomic mass is 35.5. The molecule has 58 valence electrons. The summed E-state index contributed by atoms with van der Waals surface area (Å²) in [5.41, 5.74) is -0.342. The number of esters is 1. The number of methoxy groups -OCH3 is 1. The fourth-order valence-electron chi connectivity index (χ4n) is 0.540. The molecule has 0 fully saturated rings. The molecule has 11 heavy (non-hydrogen) atoms. The molecule has 0 aromatic heterocycles. The van der Waals surface area contributed by atoms with Crippen molar-refractivity contribution >= 4 is 17.6 Å². The summed E-state index contributed by atoms with van der Waals surface area (Å²) < 4.78 is 33.8. The predicted molar refractivity (Wildman–Crippen MR) is 42.8 cm³/mol. The van der Waals surface area contributed by atoms with Crippen LogP contribution in [0.3, 0.4) is 0 Å². The van der Waals surface area contributed by atoms with Crippen molar-refractivity contribution in [3.05, 3.63) is 34.8 Å². The molecular weight excluding hydrogens is 164 g/mol. The number of carbonyl (C=O) groups is 1. The van der Waals surface area contributed by atoms with Crippen molar-refractivity contribution in [1.29, 1.82) is 0 Å². The average Bonchev–Trinajstić information content (AvgIpc) is 2.23. The van der Waals surface area contributed by atoms with Crippen molar-refractivity contribution in [3.63, 3.8) is 0 Å². The molecule has 0 unspecified atom stereocenters. The van der Waals surface area contributed by atoms with Crippen LogP contribution in [0.5, 0.6) is 0 Å². The van der Waals surface area contributed by atoms with Gasteiger partial charge in [0.1, 0.15) is 0 Å². The van der Waals surface area contributed by atoms with Crippen LogP contribution in [0.2, 0.25) is 5.02 Å². The van der Waals surface area contributed by atoms with E-state index in [0.29, 0.717) is 0 Å². The summed E-state index contributed by atoms with van der Waals surface area (Å²) in [6, 6.07) is -1.92. The highest BCUT2D eigenvalue weighted by molar-refractivity contribution is 6.33. The lowest BCUT2D eigenvalue weighted by molar-refractivity contribution is 0.0601. The van der Waals surface area contributed by atoms with Gasteiger partial charge in [-0.05, 0) is 12.1 Å². The summed E-state index contributed by atoms with van der Waals surface area (Å²) in [5, 5.41) is -0.326. The Bertz CT molecular complexity index is 404. The summed E-state index contributed by atoms with van der Waals surface area (Å²) in [6.07, 6.45) is 0. The summed E-state index contributed by atoms with van der Waals surface area (Å²) in [6.45, 7) is 0.